The molecule has 4 rings (SSSR count). The maximum Gasteiger partial charge on any atom is 0.264 e. The number of ether oxygens (including phenoxy) is 2. The van der Waals surface area contributed by atoms with E-state index in [1.54, 1.807) is 48.5 Å². The number of hydrogen-bond acceptors (Lipinski definition) is 5. The Morgan fingerprint density at radius 3 is 2.53 bits per heavy atom. The number of benzene rings is 3. The molecular formula is C25H19Cl3N2O3S. The number of nitrogens with zero attached hydrogens (tertiary/aromatic N) is 1. The number of carbonyl (C=O) groups excluding carboxylic acids is 1. The molecule has 3 aromatic carbocycles. The van der Waals surface area contributed by atoms with Gasteiger partial charge in [0.1, 0.15) is 6.61 Å². The summed E-state index contributed by atoms with van der Waals surface area (Å²) >= 11 is 19.7. The number of rotatable bonds is 7. The van der Waals surface area contributed by atoms with Crippen LogP contribution < -0.4 is 14.8 Å². The van der Waals surface area contributed by atoms with Crippen molar-refractivity contribution in [3.8, 4) is 11.5 Å². The van der Waals surface area contributed by atoms with Crippen LogP contribution in [0.1, 0.15) is 18.1 Å². The first-order valence-electron chi connectivity index (χ1n) is 10.3. The topological polar surface area (TPSA) is 59.9 Å². The van der Waals surface area contributed by atoms with Gasteiger partial charge in [-0.25, -0.2) is 4.99 Å². The lowest BCUT2D eigenvalue weighted by Gasteiger charge is -2.15. The maximum atomic E-state index is 12.5. The van der Waals surface area contributed by atoms with Crippen LogP contribution in [0.15, 0.2) is 70.6 Å². The van der Waals surface area contributed by atoms with Crippen molar-refractivity contribution in [2.24, 2.45) is 4.99 Å². The zero-order valence-corrected chi connectivity index (χ0v) is 21.1. The maximum absolute atomic E-state index is 12.5. The van der Waals surface area contributed by atoms with Gasteiger partial charge in [-0.05, 0) is 78.4 Å². The van der Waals surface area contributed by atoms with Crippen molar-refractivity contribution in [1.82, 2.24) is 5.32 Å². The summed E-state index contributed by atoms with van der Waals surface area (Å²) in [6.07, 6.45) is 1.73. The average Bonchev–Trinajstić information content (AvgIpc) is 3.13. The lowest BCUT2D eigenvalue weighted by atomic mass is 10.1. The van der Waals surface area contributed by atoms with Gasteiger partial charge in [0.05, 0.1) is 22.2 Å². The summed E-state index contributed by atoms with van der Waals surface area (Å²) in [5.41, 5.74) is 2.30. The molecule has 1 fully saturated rings. The quantitative estimate of drug-likeness (QED) is 0.319. The van der Waals surface area contributed by atoms with Crippen molar-refractivity contribution in [1.29, 1.82) is 0 Å². The van der Waals surface area contributed by atoms with E-state index in [4.69, 9.17) is 44.3 Å². The second kappa shape index (κ2) is 11.2. The van der Waals surface area contributed by atoms with Crippen LogP contribution in [0.25, 0.3) is 6.08 Å². The summed E-state index contributed by atoms with van der Waals surface area (Å²) < 4.78 is 11.7. The molecule has 0 spiro atoms. The second-order valence-corrected chi connectivity index (χ2v) is 9.45. The molecule has 0 saturated carbocycles. The third kappa shape index (κ3) is 6.27. The molecule has 0 unspecified atom stereocenters. The van der Waals surface area contributed by atoms with Gasteiger partial charge >= 0.3 is 0 Å². The summed E-state index contributed by atoms with van der Waals surface area (Å²) in [5.74, 6) is 0.683. The van der Waals surface area contributed by atoms with Gasteiger partial charge in [-0.2, -0.15) is 0 Å². The Kier molecular flexibility index (Phi) is 8.06. The van der Waals surface area contributed by atoms with Crippen LogP contribution in [0.2, 0.25) is 15.1 Å². The first-order chi connectivity index (χ1) is 16.4. The van der Waals surface area contributed by atoms with Crippen LogP contribution in [-0.4, -0.2) is 17.7 Å². The van der Waals surface area contributed by atoms with Gasteiger partial charge in [0.2, 0.25) is 0 Å². The Morgan fingerprint density at radius 1 is 1.00 bits per heavy atom. The second-order valence-electron chi connectivity index (χ2n) is 7.14. The van der Waals surface area contributed by atoms with Crippen LogP contribution in [0, 0.1) is 0 Å². The van der Waals surface area contributed by atoms with E-state index in [1.165, 1.54) is 11.8 Å². The standard InChI is InChI=1S/C25H19Cl3N2O3S/c1-2-32-21-11-16(10-20(28)23(21)33-14-15-6-8-17(26)9-7-15)12-22-24(31)30-25(34-22)29-19-5-3-4-18(27)13-19/h3-13H,2,14H2,1H3,(H,29,30,31)/b22-12-. The zero-order chi connectivity index (χ0) is 24.1. The van der Waals surface area contributed by atoms with Crippen molar-refractivity contribution in [2.75, 3.05) is 6.61 Å². The molecule has 9 heteroatoms. The molecule has 1 heterocycles. The number of nitrogens with one attached hydrogen (secondary N) is 1. The first-order valence-corrected chi connectivity index (χ1v) is 12.2. The van der Waals surface area contributed by atoms with Crippen LogP contribution in [0.3, 0.4) is 0 Å². The Hall–Kier alpha value is -2.64. The Bertz CT molecular complexity index is 1280. The van der Waals surface area contributed by atoms with Crippen LogP contribution in [-0.2, 0) is 11.4 Å². The minimum Gasteiger partial charge on any atom is -0.490 e. The fourth-order valence-electron chi connectivity index (χ4n) is 3.11. The zero-order valence-electron chi connectivity index (χ0n) is 18.0. The number of hydrogen-bond donors (Lipinski definition) is 1. The Morgan fingerprint density at radius 2 is 1.79 bits per heavy atom. The summed E-state index contributed by atoms with van der Waals surface area (Å²) in [7, 11) is 0. The van der Waals surface area contributed by atoms with Crippen molar-refractivity contribution in [3.63, 3.8) is 0 Å². The fraction of sp³-hybridized carbons (Fsp3) is 0.120. The van der Waals surface area contributed by atoms with E-state index in [2.05, 4.69) is 10.3 Å². The molecule has 1 amide bonds. The predicted octanol–water partition coefficient (Wildman–Crippen LogP) is 7.52. The average molecular weight is 534 g/mol. The third-order valence-electron chi connectivity index (χ3n) is 4.62. The summed E-state index contributed by atoms with van der Waals surface area (Å²) in [5, 5.41) is 4.84. The lowest BCUT2D eigenvalue weighted by Crippen LogP contribution is -2.19. The smallest absolute Gasteiger partial charge is 0.264 e. The Labute approximate surface area is 216 Å². The highest BCUT2D eigenvalue weighted by Crippen LogP contribution is 2.39. The Balaban J connectivity index is 1.55. The molecule has 174 valence electrons. The van der Waals surface area contributed by atoms with E-state index in [9.17, 15) is 4.79 Å². The van der Waals surface area contributed by atoms with Crippen molar-refractivity contribution >= 4 is 69.4 Å². The summed E-state index contributed by atoms with van der Waals surface area (Å²) in [4.78, 5) is 17.4. The minimum atomic E-state index is -0.247. The number of amidine groups is 1. The van der Waals surface area contributed by atoms with Crippen molar-refractivity contribution < 1.29 is 14.3 Å². The van der Waals surface area contributed by atoms with Gasteiger partial charge in [0, 0.05) is 10.0 Å². The molecule has 1 aliphatic heterocycles. The van der Waals surface area contributed by atoms with Gasteiger partial charge in [0.25, 0.3) is 5.91 Å². The number of aliphatic imine (C=N–C) groups is 1. The van der Waals surface area contributed by atoms with Gasteiger partial charge < -0.3 is 14.8 Å². The molecule has 5 nitrogen and oxygen atoms in total. The number of thioether (sulfide) groups is 1. The predicted molar refractivity (Wildman–Crippen MR) is 141 cm³/mol. The van der Waals surface area contributed by atoms with Gasteiger partial charge in [0.15, 0.2) is 16.7 Å². The molecule has 1 aliphatic rings. The highest BCUT2D eigenvalue weighted by atomic mass is 35.5. The van der Waals surface area contributed by atoms with E-state index in [1.807, 2.05) is 25.1 Å². The highest BCUT2D eigenvalue weighted by Gasteiger charge is 2.24. The fourth-order valence-corrected chi connectivity index (χ4v) is 4.53. The molecule has 0 aliphatic carbocycles. The SMILES string of the molecule is CCOc1cc(/C=C2\SC(=Nc3cccc(Cl)c3)NC2=O)cc(Cl)c1OCc1ccc(Cl)cc1. The molecule has 1 saturated heterocycles. The number of amides is 1. The third-order valence-corrected chi connectivity index (χ3v) is 6.29. The van der Waals surface area contributed by atoms with Crippen LogP contribution in [0.5, 0.6) is 11.5 Å². The molecular weight excluding hydrogens is 515 g/mol. The molecule has 3 aromatic rings. The van der Waals surface area contributed by atoms with Gasteiger partial charge in [-0.15, -0.1) is 0 Å². The first kappa shape index (κ1) is 24.5. The molecule has 34 heavy (non-hydrogen) atoms. The van der Waals surface area contributed by atoms with Gasteiger partial charge in [-0.3, -0.25) is 4.79 Å². The summed E-state index contributed by atoms with van der Waals surface area (Å²) in [6.45, 7) is 2.61. The monoisotopic (exact) mass is 532 g/mol. The van der Waals surface area contributed by atoms with Gasteiger partial charge in [-0.1, -0.05) is 53.0 Å². The van der Waals surface area contributed by atoms with E-state index >= 15 is 0 Å². The van der Waals surface area contributed by atoms with Crippen LogP contribution >= 0.6 is 46.6 Å². The van der Waals surface area contributed by atoms with E-state index in [0.717, 1.165) is 5.56 Å². The number of carbonyl (C=O) groups is 1. The summed E-state index contributed by atoms with van der Waals surface area (Å²) in [6, 6.07) is 18.0. The normalized spacial score (nSPS) is 15.6. The van der Waals surface area contributed by atoms with Crippen LogP contribution in [0.4, 0.5) is 5.69 Å². The van der Waals surface area contributed by atoms with E-state index in [-0.39, 0.29) is 5.91 Å². The molecule has 1 N–H and O–H groups in total. The molecule has 0 atom stereocenters. The molecule has 0 aromatic heterocycles. The van der Waals surface area contributed by atoms with Crippen molar-refractivity contribution in [3.05, 3.63) is 91.8 Å². The lowest BCUT2D eigenvalue weighted by molar-refractivity contribution is -0.115. The molecule has 0 bridgehead atoms. The molecule has 0 radical (unpaired) electrons. The number of halogens is 3. The van der Waals surface area contributed by atoms with Crippen molar-refractivity contribution in [2.45, 2.75) is 13.5 Å². The largest absolute Gasteiger partial charge is 0.490 e. The highest BCUT2D eigenvalue weighted by molar-refractivity contribution is 8.18. The minimum absolute atomic E-state index is 0.247. The van der Waals surface area contributed by atoms with E-state index in [0.29, 0.717) is 61.1 Å². The van der Waals surface area contributed by atoms with E-state index < -0.39 is 0 Å².